The zero-order valence-corrected chi connectivity index (χ0v) is 9.22. The van der Waals surface area contributed by atoms with Crippen LogP contribution in [0.5, 0.6) is 0 Å². The van der Waals surface area contributed by atoms with Crippen molar-refractivity contribution in [2.24, 2.45) is 0 Å². The highest BCUT2D eigenvalue weighted by Gasteiger charge is 2.32. The summed E-state index contributed by atoms with van der Waals surface area (Å²) >= 11 is 1.15. The van der Waals surface area contributed by atoms with Gasteiger partial charge in [0.25, 0.3) is 0 Å². The molecule has 1 atom stereocenters. The Labute approximate surface area is 98.9 Å². The van der Waals surface area contributed by atoms with Crippen molar-refractivity contribution in [1.29, 1.82) is 0 Å². The monoisotopic (exact) mass is 250 g/mol. The highest BCUT2D eigenvalue weighted by atomic mass is 32.2. The van der Waals surface area contributed by atoms with E-state index in [4.69, 9.17) is 5.11 Å². The van der Waals surface area contributed by atoms with Crippen molar-refractivity contribution in [3.63, 3.8) is 0 Å². The molecule has 0 radical (unpaired) electrons. The van der Waals surface area contributed by atoms with E-state index >= 15 is 0 Å². The first-order chi connectivity index (χ1) is 8.16. The maximum Gasteiger partial charge on any atom is 0.305 e. The molecule has 7 nitrogen and oxygen atoms in total. The minimum absolute atomic E-state index is 0.230. The molecule has 0 fully saturated rings. The molecule has 2 aromatic rings. The van der Waals surface area contributed by atoms with Gasteiger partial charge in [-0.2, -0.15) is 0 Å². The van der Waals surface area contributed by atoms with Gasteiger partial charge in [-0.25, -0.2) is 15.0 Å². The molecule has 17 heavy (non-hydrogen) atoms. The molecule has 1 unspecified atom stereocenters. The number of imidazole rings is 1. The van der Waals surface area contributed by atoms with E-state index in [0.717, 1.165) is 11.8 Å². The van der Waals surface area contributed by atoms with Crippen LogP contribution >= 0.6 is 11.8 Å². The van der Waals surface area contributed by atoms with E-state index in [1.165, 1.54) is 17.2 Å². The van der Waals surface area contributed by atoms with Crippen molar-refractivity contribution in [3.8, 4) is 0 Å². The van der Waals surface area contributed by atoms with Crippen LogP contribution in [0.4, 0.5) is 0 Å². The van der Waals surface area contributed by atoms with Crippen LogP contribution < -0.4 is 0 Å². The Morgan fingerprint density at radius 2 is 2.29 bits per heavy atom. The first-order valence-electron chi connectivity index (χ1n) is 4.77. The van der Waals surface area contributed by atoms with Gasteiger partial charge in [-0.1, -0.05) is 11.8 Å². The van der Waals surface area contributed by atoms with E-state index < -0.39 is 11.2 Å². The zero-order valence-electron chi connectivity index (χ0n) is 8.40. The summed E-state index contributed by atoms with van der Waals surface area (Å²) in [5.41, 5.74) is 1.01. The predicted octanol–water partition coefficient (Wildman–Crippen LogP) is 0.415. The fourth-order valence-electron chi connectivity index (χ4n) is 1.71. The Balaban J connectivity index is 2.13. The molecule has 1 N–H and O–H groups in total. The molecule has 0 aromatic carbocycles. The molecule has 3 rings (SSSR count). The lowest BCUT2D eigenvalue weighted by Gasteiger charge is -2.19. The van der Waals surface area contributed by atoms with Gasteiger partial charge in [-0.3, -0.25) is 14.2 Å². The van der Waals surface area contributed by atoms with Gasteiger partial charge in [0.1, 0.15) is 28.4 Å². The predicted molar refractivity (Wildman–Crippen MR) is 57.8 cm³/mol. The van der Waals surface area contributed by atoms with Crippen molar-refractivity contribution in [2.45, 2.75) is 16.7 Å². The molecule has 0 bridgehead atoms. The molecule has 0 aliphatic carbocycles. The van der Waals surface area contributed by atoms with E-state index in [1.54, 1.807) is 0 Å². The second-order valence-electron chi connectivity index (χ2n) is 3.51. The number of hydrogen-bond acceptors (Lipinski definition) is 6. The third-order valence-electron chi connectivity index (χ3n) is 2.43. The van der Waals surface area contributed by atoms with Crippen LogP contribution in [0.1, 0.15) is 11.2 Å². The van der Waals surface area contributed by atoms with E-state index in [-0.39, 0.29) is 12.3 Å². The van der Waals surface area contributed by atoms with Crippen LogP contribution in [0, 0.1) is 0 Å². The topological polar surface area (TPSA) is 98.0 Å². The summed E-state index contributed by atoms with van der Waals surface area (Å²) < 4.78 is 1.33. The van der Waals surface area contributed by atoms with Gasteiger partial charge in [0.2, 0.25) is 5.91 Å². The molecular weight excluding hydrogens is 244 g/mol. The van der Waals surface area contributed by atoms with Gasteiger partial charge in [-0.05, 0) is 0 Å². The third kappa shape index (κ3) is 1.48. The van der Waals surface area contributed by atoms with Crippen molar-refractivity contribution >= 4 is 34.8 Å². The van der Waals surface area contributed by atoms with Crippen LogP contribution in [-0.4, -0.2) is 41.8 Å². The summed E-state index contributed by atoms with van der Waals surface area (Å²) in [6.45, 7) is 0. The zero-order chi connectivity index (χ0) is 12.0. The second kappa shape index (κ2) is 3.52. The summed E-state index contributed by atoms with van der Waals surface area (Å²) in [4.78, 5) is 34.6. The fraction of sp³-hybridized carbons (Fsp3) is 0.222. The number of aliphatic carboxylic acids is 1. The van der Waals surface area contributed by atoms with Crippen LogP contribution in [-0.2, 0) is 4.79 Å². The average Bonchev–Trinajstić information content (AvgIpc) is 2.70. The Bertz CT molecular complexity index is 638. The lowest BCUT2D eigenvalue weighted by atomic mass is 10.3. The smallest absolute Gasteiger partial charge is 0.305 e. The maximum atomic E-state index is 12.0. The number of carboxylic acid groups (broad SMARTS) is 1. The lowest BCUT2D eigenvalue weighted by molar-refractivity contribution is -0.136. The van der Waals surface area contributed by atoms with Gasteiger partial charge in [0, 0.05) is 0 Å². The van der Waals surface area contributed by atoms with Gasteiger partial charge in [-0.15, -0.1) is 0 Å². The van der Waals surface area contributed by atoms with Crippen LogP contribution in [0.15, 0.2) is 17.7 Å². The summed E-state index contributed by atoms with van der Waals surface area (Å²) in [5.74, 6) is -1.30. The summed E-state index contributed by atoms with van der Waals surface area (Å²) in [6, 6.07) is 0. The Morgan fingerprint density at radius 3 is 3.06 bits per heavy atom. The maximum absolute atomic E-state index is 12.0. The van der Waals surface area contributed by atoms with Crippen LogP contribution in [0.25, 0.3) is 11.2 Å². The second-order valence-corrected chi connectivity index (χ2v) is 4.70. The molecule has 8 heteroatoms. The van der Waals surface area contributed by atoms with Gasteiger partial charge >= 0.3 is 5.97 Å². The van der Waals surface area contributed by atoms with Gasteiger partial charge in [0.15, 0.2) is 5.65 Å². The number of aromatic nitrogens is 4. The standard InChI is InChI=1S/C9H6N4O3S/c14-5(15)1-4-9(16)13-3-12-7-6(13)8(17-4)11-2-10-7/h2-4H,1H2,(H,14,15). The number of carboxylic acids is 1. The molecule has 0 spiro atoms. The average molecular weight is 250 g/mol. The molecule has 2 aromatic heterocycles. The number of carbonyl (C=O) groups excluding carboxylic acids is 1. The molecule has 3 heterocycles. The summed E-state index contributed by atoms with van der Waals surface area (Å²) in [6.07, 6.45) is 2.49. The quantitative estimate of drug-likeness (QED) is 0.771. The number of hydrogen-bond donors (Lipinski definition) is 1. The normalized spacial score (nSPS) is 18.6. The number of thioether (sulfide) groups is 1. The number of rotatable bonds is 2. The van der Waals surface area contributed by atoms with Crippen LogP contribution in [0.2, 0.25) is 0 Å². The lowest BCUT2D eigenvalue weighted by Crippen LogP contribution is -2.29. The highest BCUT2D eigenvalue weighted by Crippen LogP contribution is 2.34. The third-order valence-corrected chi connectivity index (χ3v) is 3.61. The minimum Gasteiger partial charge on any atom is -0.481 e. The largest absolute Gasteiger partial charge is 0.481 e. The van der Waals surface area contributed by atoms with Gasteiger partial charge in [0.05, 0.1) is 6.42 Å². The molecule has 1 aliphatic heterocycles. The summed E-state index contributed by atoms with van der Waals surface area (Å²) in [5, 5.41) is 8.69. The highest BCUT2D eigenvalue weighted by molar-refractivity contribution is 8.00. The Kier molecular flexibility index (Phi) is 2.11. The Hall–Kier alpha value is -1.96. The van der Waals surface area contributed by atoms with E-state index in [9.17, 15) is 9.59 Å². The van der Waals surface area contributed by atoms with Gasteiger partial charge < -0.3 is 5.11 Å². The van der Waals surface area contributed by atoms with Crippen molar-refractivity contribution in [2.75, 3.05) is 0 Å². The molecule has 0 amide bonds. The first kappa shape index (κ1) is 10.2. The van der Waals surface area contributed by atoms with Crippen molar-refractivity contribution < 1.29 is 14.7 Å². The molecule has 1 aliphatic rings. The van der Waals surface area contributed by atoms with E-state index in [2.05, 4.69) is 15.0 Å². The van der Waals surface area contributed by atoms with Crippen molar-refractivity contribution in [1.82, 2.24) is 19.5 Å². The van der Waals surface area contributed by atoms with Crippen LogP contribution in [0.3, 0.4) is 0 Å². The number of nitrogens with zero attached hydrogens (tertiary/aromatic N) is 4. The fourth-order valence-corrected chi connectivity index (χ4v) is 2.83. The molecule has 0 saturated heterocycles. The van der Waals surface area contributed by atoms with E-state index in [1.807, 2.05) is 0 Å². The molecule has 0 saturated carbocycles. The van der Waals surface area contributed by atoms with E-state index in [0.29, 0.717) is 16.2 Å². The SMILES string of the molecule is O=C(O)CC1Sc2ncnc3ncn(c23)C1=O. The Morgan fingerprint density at radius 1 is 1.47 bits per heavy atom. The summed E-state index contributed by atoms with van der Waals surface area (Å²) in [7, 11) is 0. The number of carbonyl (C=O) groups is 2. The molecule has 86 valence electrons. The van der Waals surface area contributed by atoms with Crippen molar-refractivity contribution in [3.05, 3.63) is 12.7 Å². The minimum atomic E-state index is -1.01. The molecular formula is C9H6N4O3S. The first-order valence-corrected chi connectivity index (χ1v) is 5.65.